The Morgan fingerprint density at radius 2 is 2.00 bits per heavy atom. The fraction of sp³-hybridized carbons (Fsp3) is 0.571. The summed E-state index contributed by atoms with van der Waals surface area (Å²) in [5.41, 5.74) is 6.54. The molecule has 5 heteroatoms. The van der Waals surface area contributed by atoms with E-state index in [2.05, 4.69) is 4.90 Å². The van der Waals surface area contributed by atoms with E-state index in [0.29, 0.717) is 12.6 Å². The van der Waals surface area contributed by atoms with Gasteiger partial charge < -0.3 is 10.5 Å². The normalized spacial score (nSPS) is 19.6. The average Bonchev–Trinajstić information content (AvgIpc) is 2.44. The number of piperidine rings is 1. The van der Waals surface area contributed by atoms with Crippen LogP contribution in [0.2, 0.25) is 0 Å². The molecule has 0 radical (unpaired) electrons. The third kappa shape index (κ3) is 3.29. The summed E-state index contributed by atoms with van der Waals surface area (Å²) in [7, 11) is 1.72. The van der Waals surface area contributed by atoms with Gasteiger partial charge in [0.2, 0.25) is 0 Å². The molecule has 1 aromatic carbocycles. The Morgan fingerprint density at radius 1 is 1.32 bits per heavy atom. The zero-order valence-corrected chi connectivity index (χ0v) is 11.1. The molecule has 3 nitrogen and oxygen atoms in total. The summed E-state index contributed by atoms with van der Waals surface area (Å²) in [5, 5.41) is 0. The maximum absolute atomic E-state index is 13.3. The fourth-order valence-electron chi connectivity index (χ4n) is 2.64. The molecule has 1 atom stereocenters. The van der Waals surface area contributed by atoms with Gasteiger partial charge in [-0.25, -0.2) is 8.78 Å². The zero-order chi connectivity index (χ0) is 13.8. The topological polar surface area (TPSA) is 38.5 Å². The molecule has 1 aliphatic rings. The number of nitrogens with two attached hydrogens (primary N) is 1. The van der Waals surface area contributed by atoms with Crippen LogP contribution in [0.1, 0.15) is 24.4 Å². The molecule has 1 aromatic rings. The Kier molecular flexibility index (Phi) is 4.85. The lowest BCUT2D eigenvalue weighted by Crippen LogP contribution is -2.41. The molecule has 2 rings (SSSR count). The van der Waals surface area contributed by atoms with E-state index in [1.807, 2.05) is 0 Å². The van der Waals surface area contributed by atoms with Crippen molar-refractivity contribution in [2.75, 3.05) is 26.7 Å². The van der Waals surface area contributed by atoms with E-state index in [0.717, 1.165) is 37.6 Å². The second-order valence-electron chi connectivity index (χ2n) is 4.90. The standard InChI is InChI=1S/C14H20F2N2O/c1-19-11-4-6-18(7-5-11)14(9-17)10-2-3-12(15)13(16)8-10/h2-3,8,11,14H,4-7,9,17H2,1H3. The van der Waals surface area contributed by atoms with Crippen LogP contribution in [-0.4, -0.2) is 37.7 Å². The minimum absolute atomic E-state index is 0.0621. The molecule has 0 saturated carbocycles. The van der Waals surface area contributed by atoms with Crippen molar-refractivity contribution >= 4 is 0 Å². The summed E-state index contributed by atoms with van der Waals surface area (Å²) >= 11 is 0. The lowest BCUT2D eigenvalue weighted by atomic mass is 10.0. The van der Waals surface area contributed by atoms with Crippen LogP contribution in [0.4, 0.5) is 8.78 Å². The number of methoxy groups -OCH3 is 1. The predicted octanol–water partition coefficient (Wildman–Crippen LogP) is 2.08. The molecule has 1 aliphatic heterocycles. The van der Waals surface area contributed by atoms with Crippen molar-refractivity contribution in [2.24, 2.45) is 5.73 Å². The minimum atomic E-state index is -0.822. The van der Waals surface area contributed by atoms with Crippen LogP contribution in [0.5, 0.6) is 0 Å². The summed E-state index contributed by atoms with van der Waals surface area (Å²) in [5.74, 6) is -1.64. The summed E-state index contributed by atoms with van der Waals surface area (Å²) in [6, 6.07) is 3.95. The Bertz CT molecular complexity index is 420. The lowest BCUT2D eigenvalue weighted by molar-refractivity contribution is 0.0280. The van der Waals surface area contributed by atoms with E-state index < -0.39 is 11.6 Å². The van der Waals surface area contributed by atoms with Crippen LogP contribution in [0.3, 0.4) is 0 Å². The number of halogens is 2. The van der Waals surface area contributed by atoms with E-state index in [1.54, 1.807) is 13.2 Å². The largest absolute Gasteiger partial charge is 0.381 e. The molecule has 1 fully saturated rings. The summed E-state index contributed by atoms with van der Waals surface area (Å²) in [6.45, 7) is 2.11. The Labute approximate surface area is 112 Å². The van der Waals surface area contributed by atoms with Gasteiger partial charge in [0.1, 0.15) is 0 Å². The van der Waals surface area contributed by atoms with Crippen LogP contribution in [0.25, 0.3) is 0 Å². The molecule has 0 bridgehead atoms. The number of likely N-dealkylation sites (tertiary alicyclic amines) is 1. The summed E-state index contributed by atoms with van der Waals surface area (Å²) in [4.78, 5) is 2.21. The third-order valence-electron chi connectivity index (χ3n) is 3.80. The number of hydrogen-bond acceptors (Lipinski definition) is 3. The highest BCUT2D eigenvalue weighted by Gasteiger charge is 2.25. The molecule has 0 amide bonds. The Balaban J connectivity index is 2.09. The summed E-state index contributed by atoms with van der Waals surface area (Å²) < 4.78 is 31.6. The van der Waals surface area contributed by atoms with E-state index in [-0.39, 0.29) is 6.04 Å². The molecule has 2 N–H and O–H groups in total. The molecule has 19 heavy (non-hydrogen) atoms. The fourth-order valence-corrected chi connectivity index (χ4v) is 2.64. The predicted molar refractivity (Wildman–Crippen MR) is 69.8 cm³/mol. The van der Waals surface area contributed by atoms with Crippen LogP contribution < -0.4 is 5.73 Å². The van der Waals surface area contributed by atoms with Crippen molar-refractivity contribution in [1.29, 1.82) is 0 Å². The van der Waals surface area contributed by atoms with Gasteiger partial charge in [-0.05, 0) is 30.5 Å². The molecule has 1 unspecified atom stereocenters. The highest BCUT2D eigenvalue weighted by Crippen LogP contribution is 2.25. The van der Waals surface area contributed by atoms with Gasteiger partial charge >= 0.3 is 0 Å². The highest BCUT2D eigenvalue weighted by molar-refractivity contribution is 5.22. The van der Waals surface area contributed by atoms with Gasteiger partial charge in [0, 0.05) is 32.8 Å². The van der Waals surface area contributed by atoms with E-state index >= 15 is 0 Å². The van der Waals surface area contributed by atoms with Crippen molar-refractivity contribution in [3.63, 3.8) is 0 Å². The first-order valence-electron chi connectivity index (χ1n) is 6.57. The maximum Gasteiger partial charge on any atom is 0.159 e. The van der Waals surface area contributed by atoms with Crippen molar-refractivity contribution in [2.45, 2.75) is 25.0 Å². The monoisotopic (exact) mass is 270 g/mol. The van der Waals surface area contributed by atoms with Crippen LogP contribution in [-0.2, 0) is 4.74 Å². The lowest BCUT2D eigenvalue weighted by Gasteiger charge is -2.36. The average molecular weight is 270 g/mol. The quantitative estimate of drug-likeness (QED) is 0.910. The zero-order valence-electron chi connectivity index (χ0n) is 11.1. The second-order valence-corrected chi connectivity index (χ2v) is 4.90. The summed E-state index contributed by atoms with van der Waals surface area (Å²) in [6.07, 6.45) is 2.17. The van der Waals surface area contributed by atoms with Crippen LogP contribution >= 0.6 is 0 Å². The van der Waals surface area contributed by atoms with Crippen molar-refractivity contribution in [3.05, 3.63) is 35.4 Å². The number of hydrogen-bond donors (Lipinski definition) is 1. The molecule has 1 heterocycles. The number of benzene rings is 1. The van der Waals surface area contributed by atoms with Gasteiger partial charge in [0.05, 0.1) is 6.10 Å². The first kappa shape index (κ1) is 14.4. The highest BCUT2D eigenvalue weighted by atomic mass is 19.2. The van der Waals surface area contributed by atoms with E-state index in [9.17, 15) is 8.78 Å². The molecule has 0 aliphatic carbocycles. The van der Waals surface area contributed by atoms with Crippen LogP contribution in [0, 0.1) is 11.6 Å². The van der Waals surface area contributed by atoms with Gasteiger partial charge in [0.25, 0.3) is 0 Å². The molecular weight excluding hydrogens is 250 g/mol. The number of ether oxygens (including phenoxy) is 1. The second kappa shape index (κ2) is 6.41. The Morgan fingerprint density at radius 3 is 2.53 bits per heavy atom. The Hall–Kier alpha value is -1.04. The van der Waals surface area contributed by atoms with Gasteiger partial charge in [-0.1, -0.05) is 6.07 Å². The SMILES string of the molecule is COC1CCN(C(CN)c2ccc(F)c(F)c2)CC1. The molecule has 106 valence electrons. The van der Waals surface area contributed by atoms with Gasteiger partial charge in [0.15, 0.2) is 11.6 Å². The van der Waals surface area contributed by atoms with Crippen molar-refractivity contribution < 1.29 is 13.5 Å². The van der Waals surface area contributed by atoms with Gasteiger partial charge in [-0.2, -0.15) is 0 Å². The van der Waals surface area contributed by atoms with Crippen molar-refractivity contribution in [1.82, 2.24) is 4.90 Å². The van der Waals surface area contributed by atoms with E-state index in [4.69, 9.17) is 10.5 Å². The first-order valence-corrected chi connectivity index (χ1v) is 6.57. The minimum Gasteiger partial charge on any atom is -0.381 e. The van der Waals surface area contributed by atoms with E-state index in [1.165, 1.54) is 6.07 Å². The molecule has 0 aromatic heterocycles. The van der Waals surface area contributed by atoms with Gasteiger partial charge in [-0.3, -0.25) is 4.90 Å². The number of rotatable bonds is 4. The van der Waals surface area contributed by atoms with Crippen LogP contribution in [0.15, 0.2) is 18.2 Å². The third-order valence-corrected chi connectivity index (χ3v) is 3.80. The maximum atomic E-state index is 13.3. The molecular formula is C14H20F2N2O. The first-order chi connectivity index (χ1) is 9.15. The van der Waals surface area contributed by atoms with Gasteiger partial charge in [-0.15, -0.1) is 0 Å². The molecule has 1 saturated heterocycles. The smallest absolute Gasteiger partial charge is 0.159 e. The van der Waals surface area contributed by atoms with Crippen molar-refractivity contribution in [3.8, 4) is 0 Å². The number of nitrogens with zero attached hydrogens (tertiary/aromatic N) is 1. The molecule has 0 spiro atoms.